The van der Waals surface area contributed by atoms with Crippen molar-refractivity contribution in [1.82, 2.24) is 14.3 Å². The first kappa shape index (κ1) is 21.6. The molecule has 2 aromatic carbocycles. The third-order valence-corrected chi connectivity index (χ3v) is 5.53. The summed E-state index contributed by atoms with van der Waals surface area (Å²) in [5.41, 5.74) is 5.40. The lowest BCUT2D eigenvalue weighted by atomic mass is 9.95. The van der Waals surface area contributed by atoms with Gasteiger partial charge in [0, 0.05) is 41.5 Å². The molecule has 0 aliphatic rings. The summed E-state index contributed by atoms with van der Waals surface area (Å²) in [5.74, 6) is 0. The number of hydrogen-bond donors (Lipinski definition) is 1. The summed E-state index contributed by atoms with van der Waals surface area (Å²) in [6, 6.07) is 12.5. The van der Waals surface area contributed by atoms with E-state index in [2.05, 4.69) is 42.5 Å². The van der Waals surface area contributed by atoms with Gasteiger partial charge in [-0.15, -0.1) is 0 Å². The second kappa shape index (κ2) is 8.74. The van der Waals surface area contributed by atoms with Crippen molar-refractivity contribution in [3.05, 3.63) is 69.6 Å². The number of nitrogens with one attached hydrogen (secondary N) is 1. The minimum Gasteiger partial charge on any atom is -0.378 e. The predicted octanol–water partition coefficient (Wildman–Crippen LogP) is 5.72. The maximum absolute atomic E-state index is 13.1. The molecule has 30 heavy (non-hydrogen) atoms. The van der Waals surface area contributed by atoms with E-state index < -0.39 is 0 Å². The van der Waals surface area contributed by atoms with Crippen LogP contribution < -0.4 is 10.9 Å². The van der Waals surface area contributed by atoms with E-state index in [9.17, 15) is 4.79 Å². The number of hydrogen-bond acceptors (Lipinski definition) is 3. The lowest BCUT2D eigenvalue weighted by Crippen LogP contribution is -2.20. The van der Waals surface area contributed by atoms with Crippen LogP contribution in [-0.2, 0) is 13.6 Å². The number of aromatic nitrogens is 3. The van der Waals surface area contributed by atoms with Crippen molar-refractivity contribution >= 4 is 27.5 Å². The molecule has 0 saturated heterocycles. The van der Waals surface area contributed by atoms with E-state index in [1.54, 1.807) is 4.57 Å². The zero-order valence-electron chi connectivity index (χ0n) is 19.1. The average molecular weight is 405 g/mol. The predicted molar refractivity (Wildman–Crippen MR) is 127 cm³/mol. The minimum absolute atomic E-state index is 0.0192. The van der Waals surface area contributed by atoms with Gasteiger partial charge in [-0.05, 0) is 56.5 Å². The van der Waals surface area contributed by atoms with Gasteiger partial charge in [-0.1, -0.05) is 38.1 Å². The molecule has 4 aromatic rings. The zero-order chi connectivity index (χ0) is 22.0. The van der Waals surface area contributed by atoms with Crippen LogP contribution in [-0.4, -0.2) is 14.3 Å². The first-order valence-corrected chi connectivity index (χ1v) is 10.7. The highest BCUT2D eigenvalue weighted by Crippen LogP contribution is 2.32. The number of benzene rings is 2. The van der Waals surface area contributed by atoms with Crippen molar-refractivity contribution in [1.29, 1.82) is 0 Å². The number of rotatable bonds is 4. The summed E-state index contributed by atoms with van der Waals surface area (Å²) >= 11 is 0. The molecule has 1 atom stereocenters. The third-order valence-electron chi connectivity index (χ3n) is 5.53. The molecule has 0 spiro atoms. The molecule has 2 aromatic heterocycles. The van der Waals surface area contributed by atoms with Crippen LogP contribution in [0.2, 0.25) is 0 Å². The van der Waals surface area contributed by atoms with Gasteiger partial charge in [0.1, 0.15) is 5.65 Å². The minimum atomic E-state index is 0.0192. The second-order valence-electron chi connectivity index (χ2n) is 7.52. The van der Waals surface area contributed by atoms with E-state index in [-0.39, 0.29) is 11.6 Å². The molecular formula is C25H32N4O. The molecule has 158 valence electrons. The van der Waals surface area contributed by atoms with Gasteiger partial charge in [-0.2, -0.15) is 5.10 Å². The lowest BCUT2D eigenvalue weighted by Gasteiger charge is -2.21. The maximum atomic E-state index is 13.1. The van der Waals surface area contributed by atoms with Gasteiger partial charge in [-0.25, -0.2) is 4.68 Å². The number of pyridine rings is 1. The number of anilines is 1. The highest BCUT2D eigenvalue weighted by atomic mass is 16.1. The van der Waals surface area contributed by atoms with Crippen LogP contribution in [0.5, 0.6) is 0 Å². The molecule has 0 bridgehead atoms. The Kier molecular flexibility index (Phi) is 6.30. The van der Waals surface area contributed by atoms with E-state index in [4.69, 9.17) is 0 Å². The normalized spacial score (nSPS) is 12.0. The van der Waals surface area contributed by atoms with Crippen molar-refractivity contribution in [2.75, 3.05) is 5.32 Å². The Labute approximate surface area is 178 Å². The van der Waals surface area contributed by atoms with E-state index in [0.717, 1.165) is 45.2 Å². The van der Waals surface area contributed by atoms with Crippen molar-refractivity contribution < 1.29 is 0 Å². The van der Waals surface area contributed by atoms with Crippen LogP contribution in [0.3, 0.4) is 0 Å². The summed E-state index contributed by atoms with van der Waals surface area (Å²) in [6.07, 6.45) is 1.89. The Morgan fingerprint density at radius 3 is 2.47 bits per heavy atom. The summed E-state index contributed by atoms with van der Waals surface area (Å²) in [5, 5.41) is 10.9. The van der Waals surface area contributed by atoms with Crippen molar-refractivity contribution in [2.24, 2.45) is 7.05 Å². The highest BCUT2D eigenvalue weighted by molar-refractivity contribution is 6.07. The van der Waals surface area contributed by atoms with Crippen molar-refractivity contribution in [2.45, 2.75) is 54.1 Å². The Morgan fingerprint density at radius 2 is 1.80 bits per heavy atom. The van der Waals surface area contributed by atoms with Gasteiger partial charge in [0.25, 0.3) is 5.56 Å². The number of para-hydroxylation sites is 1. The van der Waals surface area contributed by atoms with Gasteiger partial charge < -0.3 is 5.32 Å². The van der Waals surface area contributed by atoms with Crippen molar-refractivity contribution in [3.63, 3.8) is 0 Å². The fraction of sp³-hybridized carbons (Fsp3) is 0.360. The zero-order valence-corrected chi connectivity index (χ0v) is 19.1. The van der Waals surface area contributed by atoms with Crippen LogP contribution in [0.4, 0.5) is 5.69 Å². The molecule has 5 heteroatoms. The van der Waals surface area contributed by atoms with Crippen LogP contribution in [0, 0.1) is 13.8 Å². The molecule has 2 heterocycles. The fourth-order valence-electron chi connectivity index (χ4n) is 4.09. The highest BCUT2D eigenvalue weighted by Gasteiger charge is 2.19. The van der Waals surface area contributed by atoms with Gasteiger partial charge in [0.05, 0.1) is 6.20 Å². The lowest BCUT2D eigenvalue weighted by molar-refractivity contribution is 0.659. The van der Waals surface area contributed by atoms with Gasteiger partial charge >= 0.3 is 0 Å². The van der Waals surface area contributed by atoms with Crippen LogP contribution in [0.1, 0.15) is 50.4 Å². The first-order valence-electron chi connectivity index (χ1n) is 10.7. The van der Waals surface area contributed by atoms with Crippen LogP contribution in [0.15, 0.2) is 47.4 Å². The quantitative estimate of drug-likeness (QED) is 0.473. The average Bonchev–Trinajstić information content (AvgIpc) is 3.18. The van der Waals surface area contributed by atoms with Crippen molar-refractivity contribution in [3.8, 4) is 0 Å². The Bertz CT molecular complexity index is 1250. The molecule has 0 saturated carbocycles. The fourth-order valence-corrected chi connectivity index (χ4v) is 4.09. The molecule has 0 amide bonds. The molecule has 0 aliphatic heterocycles. The molecule has 5 nitrogen and oxygen atoms in total. The standard InChI is InChI=1S/C23H26N4O.C2H6/c1-6-27-22-19(13-24-27)21-17(11-14(2)12-18(21)23(28)26(22)5)16(4)25-20-10-8-7-9-15(20)3;1-2/h7-13,16,25H,6H2,1-5H3;1-2H3. The maximum Gasteiger partial charge on any atom is 0.259 e. The topological polar surface area (TPSA) is 51.9 Å². The molecule has 0 fully saturated rings. The molecule has 0 radical (unpaired) electrons. The smallest absolute Gasteiger partial charge is 0.259 e. The van der Waals surface area contributed by atoms with E-state index >= 15 is 0 Å². The summed E-state index contributed by atoms with van der Waals surface area (Å²) < 4.78 is 3.61. The second-order valence-corrected chi connectivity index (χ2v) is 7.52. The molecule has 1 unspecified atom stereocenters. The summed E-state index contributed by atoms with van der Waals surface area (Å²) in [4.78, 5) is 13.1. The molecule has 1 N–H and O–H groups in total. The van der Waals surface area contributed by atoms with E-state index in [0.29, 0.717) is 0 Å². The number of fused-ring (bicyclic) bond motifs is 3. The monoisotopic (exact) mass is 404 g/mol. The van der Waals surface area contributed by atoms with E-state index in [1.807, 2.05) is 63.8 Å². The van der Waals surface area contributed by atoms with Gasteiger partial charge in [-0.3, -0.25) is 9.36 Å². The van der Waals surface area contributed by atoms with Gasteiger partial charge in [0.15, 0.2) is 0 Å². The molecular weight excluding hydrogens is 372 g/mol. The Balaban J connectivity index is 0.00000124. The van der Waals surface area contributed by atoms with E-state index in [1.165, 1.54) is 5.56 Å². The Morgan fingerprint density at radius 1 is 1.10 bits per heavy atom. The molecule has 4 rings (SSSR count). The Hall–Kier alpha value is -3.08. The van der Waals surface area contributed by atoms with Gasteiger partial charge in [0.2, 0.25) is 0 Å². The SMILES string of the molecule is CC.CCn1ncc2c3c(C(C)Nc4ccccc4C)cc(C)cc3c(=O)n(C)c21. The summed E-state index contributed by atoms with van der Waals surface area (Å²) in [7, 11) is 1.83. The third kappa shape index (κ3) is 3.60. The first-order chi connectivity index (χ1) is 14.4. The summed E-state index contributed by atoms with van der Waals surface area (Å²) in [6.45, 7) is 13.1. The number of aryl methyl sites for hydroxylation is 4. The van der Waals surface area contributed by atoms with Crippen LogP contribution >= 0.6 is 0 Å². The molecule has 0 aliphatic carbocycles. The number of nitrogens with zero attached hydrogens (tertiary/aromatic N) is 3. The van der Waals surface area contributed by atoms with Crippen LogP contribution in [0.25, 0.3) is 21.8 Å². The largest absolute Gasteiger partial charge is 0.378 e.